The van der Waals surface area contributed by atoms with Crippen LogP contribution in [0.4, 0.5) is 0 Å². The van der Waals surface area contributed by atoms with E-state index in [2.05, 4.69) is 82.8 Å². The largest absolute Gasteiger partial charge is 0.415 e. The molecular formula is C17H36BrNO2Si. The lowest BCUT2D eigenvalue weighted by molar-refractivity contribution is -0.122. The molecule has 0 aromatic rings. The molecule has 2 atom stereocenters. The summed E-state index contributed by atoms with van der Waals surface area (Å²) < 4.78 is 6.29. The van der Waals surface area contributed by atoms with Crippen LogP contribution in [0.15, 0.2) is 0 Å². The van der Waals surface area contributed by atoms with Crippen LogP contribution in [0.1, 0.15) is 54.9 Å². The molecule has 0 aliphatic rings. The van der Waals surface area contributed by atoms with Gasteiger partial charge in [0.25, 0.3) is 0 Å². The first kappa shape index (κ1) is 22.1. The molecule has 0 unspecified atom stereocenters. The van der Waals surface area contributed by atoms with Crippen LogP contribution in [0.3, 0.4) is 0 Å². The molecule has 0 aromatic heterocycles. The smallest absolute Gasteiger partial charge is 0.234 e. The van der Waals surface area contributed by atoms with Gasteiger partial charge in [0.15, 0.2) is 8.32 Å². The van der Waals surface area contributed by atoms with Crippen LogP contribution in [0.5, 0.6) is 0 Å². The van der Waals surface area contributed by atoms with Crippen LogP contribution in [0.2, 0.25) is 18.1 Å². The first-order chi connectivity index (χ1) is 9.78. The quantitative estimate of drug-likeness (QED) is 0.467. The number of amides is 1. The highest BCUT2D eigenvalue weighted by atomic mass is 79.9. The zero-order valence-corrected chi connectivity index (χ0v) is 18.5. The van der Waals surface area contributed by atoms with E-state index >= 15 is 0 Å². The molecule has 1 N–H and O–H groups in total. The van der Waals surface area contributed by atoms with Crippen LogP contribution >= 0.6 is 15.9 Å². The van der Waals surface area contributed by atoms with E-state index in [9.17, 15) is 4.79 Å². The highest BCUT2D eigenvalue weighted by Gasteiger charge is 2.38. The lowest BCUT2D eigenvalue weighted by atomic mass is 10.0. The summed E-state index contributed by atoms with van der Waals surface area (Å²) in [5.41, 5.74) is 0. The fourth-order valence-corrected chi connectivity index (χ4v) is 3.62. The van der Waals surface area contributed by atoms with E-state index in [4.69, 9.17) is 4.43 Å². The van der Waals surface area contributed by atoms with Crippen LogP contribution in [0, 0.1) is 11.8 Å². The molecule has 0 heterocycles. The Bertz CT molecular complexity index is 351. The van der Waals surface area contributed by atoms with Crippen molar-refractivity contribution in [3.8, 4) is 0 Å². The average Bonchev–Trinajstić information content (AvgIpc) is 2.31. The van der Waals surface area contributed by atoms with Gasteiger partial charge >= 0.3 is 0 Å². The van der Waals surface area contributed by atoms with Gasteiger partial charge in [-0.1, -0.05) is 64.4 Å². The van der Waals surface area contributed by atoms with Crippen molar-refractivity contribution in [1.29, 1.82) is 0 Å². The Morgan fingerprint density at radius 2 is 1.68 bits per heavy atom. The van der Waals surface area contributed by atoms with Gasteiger partial charge in [0.05, 0.1) is 17.5 Å². The molecule has 0 radical (unpaired) electrons. The van der Waals surface area contributed by atoms with Gasteiger partial charge in [-0.05, 0) is 36.4 Å². The first-order valence-electron chi connectivity index (χ1n) is 8.36. The van der Waals surface area contributed by atoms with Gasteiger partial charge in [0.2, 0.25) is 5.91 Å². The molecule has 22 heavy (non-hydrogen) atoms. The highest BCUT2D eigenvalue weighted by Crippen LogP contribution is 2.36. The van der Waals surface area contributed by atoms with Crippen LogP contribution in [0.25, 0.3) is 0 Å². The number of hydrogen-bond donors (Lipinski definition) is 1. The predicted octanol–water partition coefficient (Wildman–Crippen LogP) is 4.96. The number of hydrogen-bond acceptors (Lipinski definition) is 2. The average molecular weight is 394 g/mol. The molecule has 0 bridgehead atoms. The van der Waals surface area contributed by atoms with Gasteiger partial charge in [-0.15, -0.1) is 0 Å². The van der Waals surface area contributed by atoms with Gasteiger partial charge in [0.1, 0.15) is 0 Å². The minimum atomic E-state index is -1.78. The Balaban J connectivity index is 4.66. The van der Waals surface area contributed by atoms with E-state index in [1.54, 1.807) is 0 Å². The third-order valence-corrected chi connectivity index (χ3v) is 9.82. The molecule has 0 rings (SSSR count). The Morgan fingerprint density at radius 3 is 2.05 bits per heavy atom. The standard InChI is InChI=1S/C17H36BrNO2Si/c1-12(2)10-14(18)16(20)19-15(13(3)4)11-21-22(8,9)17(5,6)7/h12-15H,10-11H2,1-9H3,(H,19,20)/t14-,15-/m1/s1. The van der Waals surface area contributed by atoms with Crippen molar-refractivity contribution in [1.82, 2.24) is 5.32 Å². The summed E-state index contributed by atoms with van der Waals surface area (Å²) in [7, 11) is -1.78. The lowest BCUT2D eigenvalue weighted by Gasteiger charge is -2.38. The Hall–Kier alpha value is 0.127. The Kier molecular flexibility index (Phi) is 8.88. The number of nitrogens with one attached hydrogen (secondary N) is 1. The third kappa shape index (κ3) is 7.60. The Labute approximate surface area is 147 Å². The van der Waals surface area contributed by atoms with E-state index in [0.717, 1.165) is 6.42 Å². The van der Waals surface area contributed by atoms with Crippen LogP contribution in [-0.2, 0) is 9.22 Å². The molecule has 0 saturated heterocycles. The maximum atomic E-state index is 12.3. The number of rotatable bonds is 8. The molecule has 3 nitrogen and oxygen atoms in total. The van der Waals surface area contributed by atoms with Crippen LogP contribution < -0.4 is 5.32 Å². The second kappa shape index (κ2) is 8.83. The second-order valence-corrected chi connectivity index (χ2v) is 14.4. The molecule has 132 valence electrons. The first-order valence-corrected chi connectivity index (χ1v) is 12.2. The van der Waals surface area contributed by atoms with E-state index in [-0.39, 0.29) is 21.8 Å². The molecule has 5 heteroatoms. The molecular weight excluding hydrogens is 358 g/mol. The van der Waals surface area contributed by atoms with Crippen molar-refractivity contribution in [2.75, 3.05) is 6.61 Å². The minimum absolute atomic E-state index is 0.0637. The third-order valence-electron chi connectivity index (χ3n) is 4.53. The van der Waals surface area contributed by atoms with Gasteiger partial charge < -0.3 is 9.74 Å². The minimum Gasteiger partial charge on any atom is -0.415 e. The summed E-state index contributed by atoms with van der Waals surface area (Å²) in [6.07, 6.45) is 0.847. The molecule has 0 aromatic carbocycles. The zero-order chi connectivity index (χ0) is 17.7. The fraction of sp³-hybridized carbons (Fsp3) is 0.941. The van der Waals surface area contributed by atoms with Gasteiger partial charge in [-0.25, -0.2) is 0 Å². The van der Waals surface area contributed by atoms with E-state index in [1.807, 2.05) is 0 Å². The number of carbonyl (C=O) groups is 1. The summed E-state index contributed by atoms with van der Waals surface area (Å²) >= 11 is 3.50. The summed E-state index contributed by atoms with van der Waals surface area (Å²) in [4.78, 5) is 12.2. The summed E-state index contributed by atoms with van der Waals surface area (Å²) in [5.74, 6) is 0.926. The monoisotopic (exact) mass is 393 g/mol. The zero-order valence-electron chi connectivity index (χ0n) is 15.9. The van der Waals surface area contributed by atoms with Gasteiger partial charge in [0, 0.05) is 0 Å². The van der Waals surface area contributed by atoms with Crippen molar-refractivity contribution in [2.24, 2.45) is 11.8 Å². The van der Waals surface area contributed by atoms with Crippen molar-refractivity contribution in [3.05, 3.63) is 0 Å². The maximum Gasteiger partial charge on any atom is 0.234 e. The van der Waals surface area contributed by atoms with Gasteiger partial charge in [-0.3, -0.25) is 4.79 Å². The summed E-state index contributed by atoms with van der Waals surface area (Å²) in [5, 5.41) is 3.35. The van der Waals surface area contributed by atoms with Crippen LogP contribution in [-0.4, -0.2) is 31.7 Å². The Morgan fingerprint density at radius 1 is 1.18 bits per heavy atom. The van der Waals surface area contributed by atoms with Crippen molar-refractivity contribution < 1.29 is 9.22 Å². The lowest BCUT2D eigenvalue weighted by Crippen LogP contribution is -2.49. The molecule has 1 amide bonds. The number of carbonyl (C=O) groups excluding carboxylic acids is 1. The van der Waals surface area contributed by atoms with E-state index in [1.165, 1.54) is 0 Å². The van der Waals surface area contributed by atoms with Crippen molar-refractivity contribution in [2.45, 2.75) is 83.9 Å². The van der Waals surface area contributed by atoms with E-state index in [0.29, 0.717) is 18.4 Å². The van der Waals surface area contributed by atoms with Crippen molar-refractivity contribution >= 4 is 30.2 Å². The molecule has 0 fully saturated rings. The molecule has 0 aliphatic carbocycles. The topological polar surface area (TPSA) is 38.3 Å². The molecule has 0 aliphatic heterocycles. The number of alkyl halides is 1. The SMILES string of the molecule is CC(C)C[C@@H](Br)C(=O)N[C@H](CO[Si](C)(C)C(C)(C)C)C(C)C. The maximum absolute atomic E-state index is 12.3. The summed E-state index contributed by atoms with van der Waals surface area (Å²) in [6, 6.07) is 0.0637. The van der Waals surface area contributed by atoms with E-state index < -0.39 is 8.32 Å². The molecule has 0 spiro atoms. The predicted molar refractivity (Wildman–Crippen MR) is 102 cm³/mol. The number of halogens is 1. The summed E-state index contributed by atoms with van der Waals surface area (Å²) in [6.45, 7) is 20.3. The van der Waals surface area contributed by atoms with Crippen molar-refractivity contribution in [3.63, 3.8) is 0 Å². The molecule has 0 saturated carbocycles. The highest BCUT2D eigenvalue weighted by molar-refractivity contribution is 9.10. The second-order valence-electron chi connectivity index (χ2n) is 8.53. The normalized spacial score (nSPS) is 16.0. The van der Waals surface area contributed by atoms with Gasteiger partial charge in [-0.2, -0.15) is 0 Å². The fourth-order valence-electron chi connectivity index (χ4n) is 1.71.